The zero-order valence-electron chi connectivity index (χ0n) is 23.3. The number of ketones is 1. The highest BCUT2D eigenvalue weighted by Crippen LogP contribution is 2.56. The molecule has 5 aromatic carbocycles. The molecule has 2 unspecified atom stereocenters. The normalized spacial score (nSPS) is 23.7. The van der Waals surface area contributed by atoms with E-state index in [9.17, 15) is 4.79 Å². The summed E-state index contributed by atoms with van der Waals surface area (Å²) in [5, 5.41) is 4.36. The summed E-state index contributed by atoms with van der Waals surface area (Å²) in [5.41, 5.74) is 3.42. The number of piperidine rings is 1. The number of likely N-dealkylation sites (tertiary alicyclic amines) is 1. The third kappa shape index (κ3) is 4.44. The van der Waals surface area contributed by atoms with Crippen LogP contribution in [0.15, 0.2) is 133 Å². The zero-order chi connectivity index (χ0) is 27.8. The number of benzene rings is 5. The molecular weight excluding hydrogens is 504 g/mol. The molecule has 2 aliphatic heterocycles. The van der Waals surface area contributed by atoms with Crippen LogP contribution in [0, 0.1) is 0 Å². The van der Waals surface area contributed by atoms with E-state index in [0.717, 1.165) is 16.8 Å². The van der Waals surface area contributed by atoms with Gasteiger partial charge in [-0.25, -0.2) is 5.06 Å². The highest BCUT2D eigenvalue weighted by atomic mass is 16.7. The molecule has 2 saturated heterocycles. The van der Waals surface area contributed by atoms with Gasteiger partial charge >= 0.3 is 0 Å². The third-order valence-corrected chi connectivity index (χ3v) is 9.01. The van der Waals surface area contributed by atoms with Gasteiger partial charge in [0, 0.05) is 25.6 Å². The number of para-hydroxylation sites is 1. The predicted molar refractivity (Wildman–Crippen MR) is 165 cm³/mol. The monoisotopic (exact) mass is 538 g/mol. The Balaban J connectivity index is 1.44. The number of nitrogens with zero attached hydrogens (tertiary/aromatic N) is 2. The van der Waals surface area contributed by atoms with E-state index >= 15 is 0 Å². The Labute approximate surface area is 241 Å². The van der Waals surface area contributed by atoms with Gasteiger partial charge in [-0.05, 0) is 46.5 Å². The van der Waals surface area contributed by atoms with Crippen molar-refractivity contribution in [2.45, 2.75) is 36.9 Å². The first-order valence-corrected chi connectivity index (χ1v) is 14.5. The lowest BCUT2D eigenvalue weighted by atomic mass is 9.70. The predicted octanol–water partition coefficient (Wildman–Crippen LogP) is 7.89. The number of hydrogen-bond acceptors (Lipinski definition) is 4. The number of anilines is 1. The first-order chi connectivity index (χ1) is 20.2. The van der Waals surface area contributed by atoms with E-state index in [1.54, 1.807) is 0 Å². The molecule has 4 atom stereocenters. The maximum Gasteiger partial charge on any atom is 0.176 e. The molecule has 4 heteroatoms. The molecule has 2 heterocycles. The van der Waals surface area contributed by atoms with Gasteiger partial charge in [0.1, 0.15) is 0 Å². The summed E-state index contributed by atoms with van der Waals surface area (Å²) in [5.74, 6) is -0.0548. The standard InChI is InChI=1S/C37H34N2O2/c1-27(28-14-5-2-6-15-28)38-25-24-34(40)37(26-38)35(33-23-13-19-29-16-11-12-22-32(29)33)36(30-17-7-3-8-18-30)39(41-37)31-20-9-4-10-21-31/h2-23,27,35-36H,24-26H2,1H3/t27?,35-,36-,37?/m0/s1. The van der Waals surface area contributed by atoms with E-state index in [1.165, 1.54) is 16.3 Å². The Morgan fingerprint density at radius 1 is 0.756 bits per heavy atom. The van der Waals surface area contributed by atoms with E-state index in [4.69, 9.17) is 4.84 Å². The Hall–Kier alpha value is -4.25. The molecule has 2 aliphatic rings. The van der Waals surface area contributed by atoms with Crippen LogP contribution < -0.4 is 5.06 Å². The van der Waals surface area contributed by atoms with Crippen molar-refractivity contribution in [2.75, 3.05) is 18.2 Å². The Kier molecular flexibility index (Phi) is 6.66. The Bertz CT molecular complexity index is 1650. The van der Waals surface area contributed by atoms with Gasteiger partial charge in [0.25, 0.3) is 0 Å². The Morgan fingerprint density at radius 3 is 2.15 bits per heavy atom. The average Bonchev–Trinajstić information content (AvgIpc) is 3.38. The van der Waals surface area contributed by atoms with Crippen LogP contribution in [-0.4, -0.2) is 29.4 Å². The van der Waals surface area contributed by atoms with Gasteiger partial charge in [0.2, 0.25) is 0 Å². The molecule has 0 amide bonds. The van der Waals surface area contributed by atoms with Crippen LogP contribution in [0.3, 0.4) is 0 Å². The minimum absolute atomic E-state index is 0.152. The summed E-state index contributed by atoms with van der Waals surface area (Å²) in [7, 11) is 0. The van der Waals surface area contributed by atoms with Gasteiger partial charge in [0.15, 0.2) is 11.4 Å². The summed E-state index contributed by atoms with van der Waals surface area (Å²) in [6.45, 7) is 3.47. The summed E-state index contributed by atoms with van der Waals surface area (Å²) in [6.07, 6.45) is 0.447. The van der Waals surface area contributed by atoms with Crippen molar-refractivity contribution in [2.24, 2.45) is 0 Å². The van der Waals surface area contributed by atoms with E-state index < -0.39 is 5.60 Å². The number of Topliss-reactive ketones (excluding diaryl/α,β-unsaturated/α-hetero) is 1. The quantitative estimate of drug-likeness (QED) is 0.228. The maximum absolute atomic E-state index is 14.4. The third-order valence-electron chi connectivity index (χ3n) is 9.01. The van der Waals surface area contributed by atoms with Crippen molar-refractivity contribution >= 4 is 22.2 Å². The molecule has 0 N–H and O–H groups in total. The van der Waals surface area contributed by atoms with Crippen molar-refractivity contribution < 1.29 is 9.63 Å². The first kappa shape index (κ1) is 25.7. The van der Waals surface area contributed by atoms with Crippen LogP contribution in [0.2, 0.25) is 0 Å². The Morgan fingerprint density at radius 2 is 1.39 bits per heavy atom. The molecule has 0 bridgehead atoms. The molecule has 2 fully saturated rings. The molecule has 0 radical (unpaired) electrons. The smallest absolute Gasteiger partial charge is 0.176 e. The lowest BCUT2D eigenvalue weighted by molar-refractivity contribution is -0.151. The van der Waals surface area contributed by atoms with Crippen molar-refractivity contribution in [1.29, 1.82) is 0 Å². The van der Waals surface area contributed by atoms with Gasteiger partial charge in [-0.3, -0.25) is 14.5 Å². The second-order valence-corrected chi connectivity index (χ2v) is 11.3. The summed E-state index contributed by atoms with van der Waals surface area (Å²) in [6, 6.07) is 46.3. The fourth-order valence-corrected chi connectivity index (χ4v) is 6.94. The molecule has 0 aromatic heterocycles. The highest BCUT2D eigenvalue weighted by Gasteiger charge is 2.62. The molecule has 4 nitrogen and oxygen atoms in total. The van der Waals surface area contributed by atoms with Crippen LogP contribution in [0.25, 0.3) is 10.8 Å². The SMILES string of the molecule is CC(c1ccccc1)N1CCC(=O)C2(C1)ON(c1ccccc1)[C@@H](c1ccccc1)[C@@H]2c1cccc2ccccc12. The number of fused-ring (bicyclic) bond motifs is 1. The molecular formula is C37H34N2O2. The van der Waals surface area contributed by atoms with Gasteiger partial charge in [-0.2, -0.15) is 0 Å². The van der Waals surface area contributed by atoms with Gasteiger partial charge in [0.05, 0.1) is 17.6 Å². The number of carbonyl (C=O) groups excluding carboxylic acids is 1. The van der Waals surface area contributed by atoms with E-state index in [1.807, 2.05) is 29.3 Å². The molecule has 0 aliphatic carbocycles. The number of rotatable bonds is 5. The summed E-state index contributed by atoms with van der Waals surface area (Å²) < 4.78 is 0. The van der Waals surface area contributed by atoms with Crippen LogP contribution in [0.5, 0.6) is 0 Å². The van der Waals surface area contributed by atoms with Crippen LogP contribution in [-0.2, 0) is 9.63 Å². The van der Waals surface area contributed by atoms with Gasteiger partial charge in [-0.15, -0.1) is 0 Å². The second-order valence-electron chi connectivity index (χ2n) is 11.3. The van der Waals surface area contributed by atoms with Crippen molar-refractivity contribution in [1.82, 2.24) is 4.90 Å². The van der Waals surface area contributed by atoms with Crippen molar-refractivity contribution in [3.8, 4) is 0 Å². The zero-order valence-corrected chi connectivity index (χ0v) is 23.3. The van der Waals surface area contributed by atoms with Crippen LogP contribution in [0.1, 0.15) is 48.0 Å². The topological polar surface area (TPSA) is 32.8 Å². The molecule has 204 valence electrons. The van der Waals surface area contributed by atoms with Gasteiger partial charge < -0.3 is 0 Å². The molecule has 41 heavy (non-hydrogen) atoms. The summed E-state index contributed by atoms with van der Waals surface area (Å²) in [4.78, 5) is 24.0. The fourth-order valence-electron chi connectivity index (χ4n) is 6.94. The number of hydrogen-bond donors (Lipinski definition) is 0. The number of carbonyl (C=O) groups is 1. The van der Waals surface area contributed by atoms with E-state index in [-0.39, 0.29) is 23.8 Å². The minimum Gasteiger partial charge on any atom is -0.296 e. The largest absolute Gasteiger partial charge is 0.296 e. The summed E-state index contributed by atoms with van der Waals surface area (Å²) >= 11 is 0. The molecule has 5 aromatic rings. The highest BCUT2D eigenvalue weighted by molar-refractivity contribution is 5.93. The lowest BCUT2D eigenvalue weighted by Gasteiger charge is -2.43. The minimum atomic E-state index is -1.05. The molecule has 1 spiro atoms. The van der Waals surface area contributed by atoms with Crippen molar-refractivity contribution in [3.05, 3.63) is 150 Å². The second kappa shape index (κ2) is 10.6. The van der Waals surface area contributed by atoms with Gasteiger partial charge in [-0.1, -0.05) is 121 Å². The maximum atomic E-state index is 14.4. The van der Waals surface area contributed by atoms with E-state index in [0.29, 0.717) is 19.5 Å². The first-order valence-electron chi connectivity index (χ1n) is 14.5. The molecule has 7 rings (SSSR count). The van der Waals surface area contributed by atoms with Crippen molar-refractivity contribution in [3.63, 3.8) is 0 Å². The molecule has 0 saturated carbocycles. The van der Waals surface area contributed by atoms with Crippen LogP contribution >= 0.6 is 0 Å². The average molecular weight is 539 g/mol. The fraction of sp³-hybridized carbons (Fsp3) is 0.216. The lowest BCUT2D eigenvalue weighted by Crippen LogP contribution is -2.58. The number of hydroxylamine groups is 1. The van der Waals surface area contributed by atoms with Crippen LogP contribution in [0.4, 0.5) is 5.69 Å². The van der Waals surface area contributed by atoms with E-state index in [2.05, 4.69) is 121 Å².